The first kappa shape index (κ1) is 16.4. The van der Waals surface area contributed by atoms with E-state index in [1.54, 1.807) is 0 Å². The lowest BCUT2D eigenvalue weighted by atomic mass is 10.1. The topological polar surface area (TPSA) is 50.8 Å². The second kappa shape index (κ2) is 8.51. The SMILES string of the molecule is CCOC(CN(C(=O)C(C)C)[C@@H]1CCNC1)OCC. The Morgan fingerprint density at radius 2 is 1.95 bits per heavy atom. The van der Waals surface area contributed by atoms with Gasteiger partial charge in [0.2, 0.25) is 5.91 Å². The normalized spacial score (nSPS) is 19.4. The molecular formula is C14H28N2O3. The van der Waals surface area contributed by atoms with E-state index in [1.807, 2.05) is 32.6 Å². The Hall–Kier alpha value is -0.650. The van der Waals surface area contributed by atoms with Crippen LogP contribution in [0.1, 0.15) is 34.1 Å². The van der Waals surface area contributed by atoms with Gasteiger partial charge in [-0.25, -0.2) is 0 Å². The lowest BCUT2D eigenvalue weighted by Crippen LogP contribution is -2.48. The molecule has 19 heavy (non-hydrogen) atoms. The molecule has 1 rings (SSSR count). The van der Waals surface area contributed by atoms with Crippen LogP contribution in [0.3, 0.4) is 0 Å². The molecule has 1 heterocycles. The first-order chi connectivity index (χ1) is 9.10. The molecule has 1 atom stereocenters. The molecule has 0 bridgehead atoms. The van der Waals surface area contributed by atoms with Crippen LogP contribution < -0.4 is 5.32 Å². The minimum atomic E-state index is -0.321. The smallest absolute Gasteiger partial charge is 0.225 e. The molecular weight excluding hydrogens is 244 g/mol. The van der Waals surface area contributed by atoms with Crippen LogP contribution in [0.25, 0.3) is 0 Å². The third-order valence-corrected chi connectivity index (χ3v) is 3.30. The predicted octanol–water partition coefficient (Wildman–Crippen LogP) is 1.23. The van der Waals surface area contributed by atoms with Gasteiger partial charge in [0.15, 0.2) is 6.29 Å². The lowest BCUT2D eigenvalue weighted by molar-refractivity contribution is -0.163. The van der Waals surface area contributed by atoms with Crippen molar-refractivity contribution in [1.82, 2.24) is 10.2 Å². The highest BCUT2D eigenvalue weighted by Gasteiger charge is 2.30. The molecule has 0 saturated carbocycles. The zero-order valence-electron chi connectivity index (χ0n) is 12.6. The Morgan fingerprint density at radius 1 is 1.32 bits per heavy atom. The number of carbonyl (C=O) groups excluding carboxylic acids is 1. The molecule has 1 saturated heterocycles. The van der Waals surface area contributed by atoms with Crippen molar-refractivity contribution in [1.29, 1.82) is 0 Å². The van der Waals surface area contributed by atoms with Crippen molar-refractivity contribution >= 4 is 5.91 Å². The van der Waals surface area contributed by atoms with Crippen LogP contribution in [-0.2, 0) is 14.3 Å². The lowest BCUT2D eigenvalue weighted by Gasteiger charge is -2.33. The molecule has 0 radical (unpaired) electrons. The van der Waals surface area contributed by atoms with E-state index >= 15 is 0 Å². The molecule has 1 amide bonds. The monoisotopic (exact) mass is 272 g/mol. The van der Waals surface area contributed by atoms with Gasteiger partial charge in [0, 0.05) is 31.7 Å². The number of hydrogen-bond acceptors (Lipinski definition) is 4. The van der Waals surface area contributed by atoms with E-state index < -0.39 is 0 Å². The van der Waals surface area contributed by atoms with Gasteiger partial charge in [-0.2, -0.15) is 0 Å². The van der Waals surface area contributed by atoms with E-state index in [4.69, 9.17) is 9.47 Å². The standard InChI is InChI=1S/C14H28N2O3/c1-5-18-13(19-6-2)10-16(14(17)11(3)4)12-7-8-15-9-12/h11-13,15H,5-10H2,1-4H3/t12-/m1/s1. The van der Waals surface area contributed by atoms with Crippen LogP contribution in [0.15, 0.2) is 0 Å². The summed E-state index contributed by atoms with van der Waals surface area (Å²) in [5, 5.41) is 3.31. The number of nitrogens with one attached hydrogen (secondary N) is 1. The van der Waals surface area contributed by atoms with Gasteiger partial charge in [-0.3, -0.25) is 4.79 Å². The van der Waals surface area contributed by atoms with Gasteiger partial charge in [0.05, 0.1) is 6.54 Å². The zero-order chi connectivity index (χ0) is 14.3. The van der Waals surface area contributed by atoms with Gasteiger partial charge < -0.3 is 19.7 Å². The summed E-state index contributed by atoms with van der Waals surface area (Å²) < 4.78 is 11.1. The number of amides is 1. The molecule has 1 aliphatic heterocycles. The summed E-state index contributed by atoms with van der Waals surface area (Å²) in [4.78, 5) is 14.3. The number of carbonyl (C=O) groups is 1. The fourth-order valence-electron chi connectivity index (χ4n) is 2.34. The minimum absolute atomic E-state index is 0.00417. The van der Waals surface area contributed by atoms with Crippen LogP contribution in [0, 0.1) is 5.92 Å². The quantitative estimate of drug-likeness (QED) is 0.675. The summed E-state index contributed by atoms with van der Waals surface area (Å²) >= 11 is 0. The third kappa shape index (κ3) is 5.09. The summed E-state index contributed by atoms with van der Waals surface area (Å²) in [6, 6.07) is 0.262. The summed E-state index contributed by atoms with van der Waals surface area (Å²) in [6.45, 7) is 11.3. The van der Waals surface area contributed by atoms with Crippen LogP contribution in [0.5, 0.6) is 0 Å². The molecule has 1 N–H and O–H groups in total. The molecule has 0 aliphatic carbocycles. The van der Waals surface area contributed by atoms with E-state index in [-0.39, 0.29) is 24.2 Å². The van der Waals surface area contributed by atoms with Gasteiger partial charge in [-0.05, 0) is 26.8 Å². The average molecular weight is 272 g/mol. The van der Waals surface area contributed by atoms with Gasteiger partial charge >= 0.3 is 0 Å². The van der Waals surface area contributed by atoms with Gasteiger partial charge in [-0.15, -0.1) is 0 Å². The van der Waals surface area contributed by atoms with Gasteiger partial charge in [-0.1, -0.05) is 13.8 Å². The number of ether oxygens (including phenoxy) is 2. The van der Waals surface area contributed by atoms with Crippen molar-refractivity contribution in [3.63, 3.8) is 0 Å². The second-order valence-electron chi connectivity index (χ2n) is 5.13. The molecule has 1 aliphatic rings. The van der Waals surface area contributed by atoms with Crippen molar-refractivity contribution in [3.05, 3.63) is 0 Å². The van der Waals surface area contributed by atoms with Crippen molar-refractivity contribution in [2.75, 3.05) is 32.8 Å². The summed E-state index contributed by atoms with van der Waals surface area (Å²) in [5.74, 6) is 0.183. The van der Waals surface area contributed by atoms with Crippen LogP contribution in [-0.4, -0.2) is 56.0 Å². The first-order valence-electron chi connectivity index (χ1n) is 7.34. The molecule has 0 aromatic heterocycles. The predicted molar refractivity (Wildman–Crippen MR) is 74.9 cm³/mol. The fourth-order valence-corrected chi connectivity index (χ4v) is 2.34. The van der Waals surface area contributed by atoms with Crippen LogP contribution >= 0.6 is 0 Å². The molecule has 0 unspecified atom stereocenters. The van der Waals surface area contributed by atoms with Crippen molar-refractivity contribution in [2.24, 2.45) is 5.92 Å². The highest BCUT2D eigenvalue weighted by molar-refractivity contribution is 5.78. The fraction of sp³-hybridized carbons (Fsp3) is 0.929. The average Bonchev–Trinajstić information content (AvgIpc) is 2.89. The number of rotatable bonds is 8. The maximum Gasteiger partial charge on any atom is 0.225 e. The molecule has 0 spiro atoms. The number of nitrogens with zero attached hydrogens (tertiary/aromatic N) is 1. The van der Waals surface area contributed by atoms with E-state index in [9.17, 15) is 4.79 Å². The van der Waals surface area contributed by atoms with E-state index in [0.29, 0.717) is 19.8 Å². The molecule has 1 fully saturated rings. The zero-order valence-corrected chi connectivity index (χ0v) is 12.6. The Bertz CT molecular complexity index is 259. The Kier molecular flexibility index (Phi) is 7.34. The molecule has 5 nitrogen and oxygen atoms in total. The second-order valence-corrected chi connectivity index (χ2v) is 5.13. The first-order valence-corrected chi connectivity index (χ1v) is 7.34. The Labute approximate surface area is 116 Å². The van der Waals surface area contributed by atoms with E-state index in [2.05, 4.69) is 5.32 Å². The maximum absolute atomic E-state index is 12.4. The maximum atomic E-state index is 12.4. The van der Waals surface area contributed by atoms with Gasteiger partial charge in [0.1, 0.15) is 0 Å². The van der Waals surface area contributed by atoms with Crippen LogP contribution in [0.2, 0.25) is 0 Å². The summed E-state index contributed by atoms with van der Waals surface area (Å²) in [6.07, 6.45) is 0.682. The third-order valence-electron chi connectivity index (χ3n) is 3.30. The Morgan fingerprint density at radius 3 is 2.37 bits per heavy atom. The van der Waals surface area contributed by atoms with Crippen molar-refractivity contribution < 1.29 is 14.3 Å². The molecule has 0 aromatic rings. The van der Waals surface area contributed by atoms with Gasteiger partial charge in [0.25, 0.3) is 0 Å². The Balaban J connectivity index is 2.68. The summed E-state index contributed by atoms with van der Waals surface area (Å²) in [5.41, 5.74) is 0. The molecule has 0 aromatic carbocycles. The molecule has 112 valence electrons. The largest absolute Gasteiger partial charge is 0.351 e. The number of hydrogen-bond donors (Lipinski definition) is 1. The van der Waals surface area contributed by atoms with E-state index in [0.717, 1.165) is 19.5 Å². The highest BCUT2D eigenvalue weighted by Crippen LogP contribution is 2.14. The molecule has 5 heteroatoms. The van der Waals surface area contributed by atoms with E-state index in [1.165, 1.54) is 0 Å². The minimum Gasteiger partial charge on any atom is -0.351 e. The van der Waals surface area contributed by atoms with Crippen molar-refractivity contribution in [3.8, 4) is 0 Å². The summed E-state index contributed by atoms with van der Waals surface area (Å²) in [7, 11) is 0. The highest BCUT2D eigenvalue weighted by atomic mass is 16.7. The van der Waals surface area contributed by atoms with Crippen LogP contribution in [0.4, 0.5) is 0 Å². The van der Waals surface area contributed by atoms with Crippen molar-refractivity contribution in [2.45, 2.75) is 46.4 Å².